The number of sulfonamides is 1. The van der Waals surface area contributed by atoms with E-state index in [-0.39, 0.29) is 47.8 Å². The Labute approximate surface area is 192 Å². The van der Waals surface area contributed by atoms with E-state index in [2.05, 4.69) is 0 Å². The summed E-state index contributed by atoms with van der Waals surface area (Å²) < 4.78 is 31.3. The van der Waals surface area contributed by atoms with Gasteiger partial charge in [0.2, 0.25) is 11.8 Å². The number of ether oxygens (including phenoxy) is 1. The molecular weight excluding hydrogens is 448 g/mol. The van der Waals surface area contributed by atoms with Crippen molar-refractivity contribution in [2.24, 2.45) is 17.8 Å². The van der Waals surface area contributed by atoms with Gasteiger partial charge in [-0.25, -0.2) is 17.5 Å². The first kappa shape index (κ1) is 23.2. The molecule has 2 heterocycles. The Morgan fingerprint density at radius 2 is 1.67 bits per heavy atom. The molecule has 0 spiro atoms. The maximum Gasteiger partial charge on any atom is 0.329 e. The zero-order valence-electron chi connectivity index (χ0n) is 18.5. The number of hydrogen-bond acceptors (Lipinski definition) is 7. The molecule has 1 aromatic carbocycles. The van der Waals surface area contributed by atoms with Crippen molar-refractivity contribution < 1.29 is 32.3 Å². The first-order valence-corrected chi connectivity index (χ1v) is 12.4. The summed E-state index contributed by atoms with van der Waals surface area (Å²) in [6.45, 7) is 3.00. The lowest BCUT2D eigenvalue weighted by molar-refractivity contribution is -0.159. The van der Waals surface area contributed by atoms with Crippen LogP contribution in [0, 0.1) is 17.8 Å². The fourth-order valence-corrected chi connectivity index (χ4v) is 6.22. The number of likely N-dealkylation sites (tertiary alicyclic amines) is 1. The minimum Gasteiger partial charge on any atom is -0.462 e. The molecule has 0 bridgehead atoms. The van der Waals surface area contributed by atoms with Crippen LogP contribution in [0.15, 0.2) is 41.3 Å². The largest absolute Gasteiger partial charge is 0.462 e. The van der Waals surface area contributed by atoms with Crippen LogP contribution < -0.4 is 0 Å². The van der Waals surface area contributed by atoms with Gasteiger partial charge in [0.05, 0.1) is 23.9 Å². The number of nitrogens with zero attached hydrogens (tertiary/aromatic N) is 2. The maximum atomic E-state index is 13.0. The maximum absolute atomic E-state index is 13.0. The highest BCUT2D eigenvalue weighted by Crippen LogP contribution is 2.37. The number of imide groups is 1. The zero-order chi connectivity index (χ0) is 23.9. The molecule has 3 amide bonds. The van der Waals surface area contributed by atoms with Gasteiger partial charge in [0, 0.05) is 0 Å². The van der Waals surface area contributed by atoms with Gasteiger partial charge in [-0.15, -0.1) is 0 Å². The Balaban J connectivity index is 1.45. The Hall–Kier alpha value is -3.01. The monoisotopic (exact) mass is 474 g/mol. The molecule has 176 valence electrons. The van der Waals surface area contributed by atoms with Crippen LogP contribution in [0.3, 0.4) is 0 Å². The van der Waals surface area contributed by atoms with E-state index in [1.165, 1.54) is 18.2 Å². The van der Waals surface area contributed by atoms with Crippen LogP contribution in [0.25, 0.3) is 0 Å². The Kier molecular flexibility index (Phi) is 6.13. The molecule has 33 heavy (non-hydrogen) atoms. The average molecular weight is 475 g/mol. The number of rotatable bonds is 7. The molecule has 0 N–H and O–H groups in total. The van der Waals surface area contributed by atoms with Crippen molar-refractivity contribution >= 4 is 33.7 Å². The molecule has 0 aromatic heterocycles. The van der Waals surface area contributed by atoms with E-state index >= 15 is 0 Å². The topological polar surface area (TPSA) is 118 Å². The lowest BCUT2D eigenvalue weighted by Crippen LogP contribution is -2.47. The SMILES string of the molecule is CC(C)C[C@H](C(=O)OCCN1C(=O)c2ccccc2S1(=O)=O)N1C(=O)[C@H]2CC=CC[C@@H]2C1=O. The molecule has 1 fully saturated rings. The predicted molar refractivity (Wildman–Crippen MR) is 116 cm³/mol. The van der Waals surface area contributed by atoms with Gasteiger partial charge < -0.3 is 4.74 Å². The number of hydrogen-bond donors (Lipinski definition) is 0. The molecule has 0 unspecified atom stereocenters. The second-order valence-electron chi connectivity index (χ2n) is 8.89. The molecule has 1 aliphatic carbocycles. The van der Waals surface area contributed by atoms with Gasteiger partial charge in [-0.1, -0.05) is 38.1 Å². The number of esters is 1. The summed E-state index contributed by atoms with van der Waals surface area (Å²) in [5.74, 6) is -3.12. The Morgan fingerprint density at radius 3 is 2.24 bits per heavy atom. The fourth-order valence-electron chi connectivity index (χ4n) is 4.66. The van der Waals surface area contributed by atoms with Crippen LogP contribution >= 0.6 is 0 Å². The van der Waals surface area contributed by atoms with Crippen LogP contribution in [-0.2, 0) is 29.1 Å². The fraction of sp³-hybridized carbons (Fsp3) is 0.478. The van der Waals surface area contributed by atoms with Crippen molar-refractivity contribution in [1.29, 1.82) is 0 Å². The van der Waals surface area contributed by atoms with E-state index in [1.807, 2.05) is 26.0 Å². The van der Waals surface area contributed by atoms with Gasteiger partial charge in [-0.2, -0.15) is 0 Å². The first-order valence-electron chi connectivity index (χ1n) is 11.0. The molecule has 0 saturated carbocycles. The summed E-state index contributed by atoms with van der Waals surface area (Å²) in [6, 6.07) is 4.80. The average Bonchev–Trinajstić information content (AvgIpc) is 3.15. The summed E-state index contributed by atoms with van der Waals surface area (Å²) >= 11 is 0. The van der Waals surface area contributed by atoms with Crippen molar-refractivity contribution in [2.45, 2.75) is 44.0 Å². The summed E-state index contributed by atoms with van der Waals surface area (Å²) in [5.41, 5.74) is 0.0750. The van der Waals surface area contributed by atoms with E-state index in [0.29, 0.717) is 17.1 Å². The van der Waals surface area contributed by atoms with Crippen LogP contribution in [0.4, 0.5) is 0 Å². The highest BCUT2D eigenvalue weighted by atomic mass is 32.2. The minimum absolute atomic E-state index is 0.000982. The minimum atomic E-state index is -4.01. The molecule has 2 aliphatic heterocycles. The highest BCUT2D eigenvalue weighted by Gasteiger charge is 2.51. The lowest BCUT2D eigenvalue weighted by Gasteiger charge is -2.27. The normalized spacial score (nSPS) is 24.3. The Morgan fingerprint density at radius 1 is 1.06 bits per heavy atom. The first-order chi connectivity index (χ1) is 15.6. The third-order valence-electron chi connectivity index (χ3n) is 6.27. The van der Waals surface area contributed by atoms with Crippen molar-refractivity contribution in [3.8, 4) is 0 Å². The van der Waals surface area contributed by atoms with Crippen molar-refractivity contribution in [1.82, 2.24) is 9.21 Å². The number of carbonyl (C=O) groups excluding carboxylic acids is 4. The van der Waals surface area contributed by atoms with E-state index in [0.717, 1.165) is 4.90 Å². The third-order valence-corrected chi connectivity index (χ3v) is 8.11. The number of allylic oxidation sites excluding steroid dienone is 2. The molecule has 3 atom stereocenters. The summed E-state index contributed by atoms with van der Waals surface area (Å²) in [7, 11) is -4.01. The van der Waals surface area contributed by atoms with Gasteiger partial charge in [0.15, 0.2) is 0 Å². The van der Waals surface area contributed by atoms with Crippen LogP contribution in [0.2, 0.25) is 0 Å². The van der Waals surface area contributed by atoms with Gasteiger partial charge >= 0.3 is 5.97 Å². The molecule has 1 aromatic rings. The third kappa shape index (κ3) is 3.96. The molecule has 1 saturated heterocycles. The van der Waals surface area contributed by atoms with Gasteiger partial charge in [0.1, 0.15) is 17.5 Å². The van der Waals surface area contributed by atoms with E-state index in [1.54, 1.807) is 6.07 Å². The summed E-state index contributed by atoms with van der Waals surface area (Å²) in [4.78, 5) is 52.3. The second kappa shape index (κ2) is 8.74. The van der Waals surface area contributed by atoms with Crippen molar-refractivity contribution in [3.05, 3.63) is 42.0 Å². The molecule has 4 rings (SSSR count). The van der Waals surface area contributed by atoms with Crippen LogP contribution in [0.1, 0.15) is 43.5 Å². The van der Waals surface area contributed by atoms with Crippen molar-refractivity contribution in [2.75, 3.05) is 13.2 Å². The molecule has 9 nitrogen and oxygen atoms in total. The number of fused-ring (bicyclic) bond motifs is 2. The van der Waals surface area contributed by atoms with Crippen LogP contribution in [-0.4, -0.2) is 60.5 Å². The predicted octanol–water partition coefficient (Wildman–Crippen LogP) is 1.74. The summed E-state index contributed by atoms with van der Waals surface area (Å²) in [6.07, 6.45) is 4.90. The zero-order valence-corrected chi connectivity index (χ0v) is 19.3. The van der Waals surface area contributed by atoms with Gasteiger partial charge in [0.25, 0.3) is 15.9 Å². The van der Waals surface area contributed by atoms with Crippen LogP contribution in [0.5, 0.6) is 0 Å². The molecule has 3 aliphatic rings. The number of benzene rings is 1. The number of amides is 3. The Bertz CT molecular complexity index is 1120. The van der Waals surface area contributed by atoms with Crippen molar-refractivity contribution in [3.63, 3.8) is 0 Å². The summed E-state index contributed by atoms with van der Waals surface area (Å²) in [5, 5.41) is 0. The molecule has 0 radical (unpaired) electrons. The molecular formula is C23H26N2O7S. The highest BCUT2D eigenvalue weighted by molar-refractivity contribution is 7.90. The van der Waals surface area contributed by atoms with Gasteiger partial charge in [-0.3, -0.25) is 19.3 Å². The lowest BCUT2D eigenvalue weighted by atomic mass is 9.85. The van der Waals surface area contributed by atoms with E-state index in [9.17, 15) is 27.6 Å². The number of carbonyl (C=O) groups is 4. The standard InChI is InChI=1S/C23H26N2O7S/c1-14(2)13-18(25-21(27)15-7-3-4-8-16(15)22(25)28)23(29)32-12-11-24-20(26)17-9-5-6-10-19(17)33(24,30)31/h3-6,9-10,14-16,18H,7-8,11-13H2,1-2H3/t15-,16-,18+/m0/s1. The second-order valence-corrected chi connectivity index (χ2v) is 10.7. The quantitative estimate of drug-likeness (QED) is 0.336. The van der Waals surface area contributed by atoms with E-state index < -0.39 is 39.8 Å². The van der Waals surface area contributed by atoms with Gasteiger partial charge in [-0.05, 0) is 37.3 Å². The molecule has 10 heteroatoms. The van der Waals surface area contributed by atoms with E-state index in [4.69, 9.17) is 4.74 Å². The smallest absolute Gasteiger partial charge is 0.329 e.